The van der Waals surface area contributed by atoms with Crippen LogP contribution in [0.1, 0.15) is 20.8 Å². The van der Waals surface area contributed by atoms with Crippen molar-refractivity contribution in [2.75, 3.05) is 26.1 Å². The molecular weight excluding hydrogens is 294 g/mol. The van der Waals surface area contributed by atoms with Gasteiger partial charge in [-0.1, -0.05) is 11.6 Å². The lowest BCUT2D eigenvalue weighted by Gasteiger charge is -2.22. The molecule has 1 aromatic carbocycles. The van der Waals surface area contributed by atoms with Crippen LogP contribution in [0.3, 0.4) is 0 Å². The van der Waals surface area contributed by atoms with E-state index in [1.54, 1.807) is 39.2 Å². The highest BCUT2D eigenvalue weighted by Crippen LogP contribution is 2.29. The van der Waals surface area contributed by atoms with Gasteiger partial charge in [-0.25, -0.2) is 0 Å². The number of hydrogen-bond donors (Lipinski definition) is 1. The second kappa shape index (κ2) is 7.64. The molecule has 21 heavy (non-hydrogen) atoms. The monoisotopic (exact) mass is 315 g/mol. The predicted octanol–water partition coefficient (Wildman–Crippen LogP) is 3.12. The molecule has 0 radical (unpaired) electrons. The second-order valence-electron chi connectivity index (χ2n) is 5.20. The van der Waals surface area contributed by atoms with Gasteiger partial charge in [0.25, 0.3) is 5.91 Å². The quantitative estimate of drug-likeness (QED) is 0.840. The van der Waals surface area contributed by atoms with E-state index in [-0.39, 0.29) is 12.0 Å². The van der Waals surface area contributed by atoms with Gasteiger partial charge < -0.3 is 19.5 Å². The summed E-state index contributed by atoms with van der Waals surface area (Å²) >= 11 is 6.16. The molecule has 0 saturated carbocycles. The number of anilines is 1. The normalized spacial score (nSPS) is 12.9. The van der Waals surface area contributed by atoms with E-state index in [2.05, 4.69) is 5.32 Å². The van der Waals surface area contributed by atoms with Gasteiger partial charge in [0, 0.05) is 19.9 Å². The SMILES string of the molecule is COCC(C)Oc1ccc(NC(=O)C(C)(C)OC)cc1Cl. The van der Waals surface area contributed by atoms with Crippen molar-refractivity contribution < 1.29 is 19.0 Å². The van der Waals surface area contributed by atoms with E-state index in [1.807, 2.05) is 6.92 Å². The highest BCUT2D eigenvalue weighted by atomic mass is 35.5. The molecule has 0 aliphatic carbocycles. The smallest absolute Gasteiger partial charge is 0.256 e. The standard InChI is InChI=1S/C15H22ClNO4/c1-10(9-19-4)21-13-7-6-11(8-12(13)16)17-14(18)15(2,3)20-5/h6-8,10H,9H2,1-5H3,(H,17,18). The van der Waals surface area contributed by atoms with Crippen molar-refractivity contribution in [2.45, 2.75) is 32.5 Å². The molecule has 0 spiro atoms. The maximum Gasteiger partial charge on any atom is 0.256 e. The Morgan fingerprint density at radius 2 is 2.05 bits per heavy atom. The number of benzene rings is 1. The van der Waals surface area contributed by atoms with Gasteiger partial charge in [0.2, 0.25) is 0 Å². The lowest BCUT2D eigenvalue weighted by atomic mass is 10.1. The van der Waals surface area contributed by atoms with Gasteiger partial charge in [0.05, 0.1) is 11.6 Å². The summed E-state index contributed by atoms with van der Waals surface area (Å²) in [6.07, 6.45) is -0.111. The maximum absolute atomic E-state index is 12.0. The summed E-state index contributed by atoms with van der Waals surface area (Å²) in [6.45, 7) is 5.73. The van der Waals surface area contributed by atoms with Gasteiger partial charge >= 0.3 is 0 Å². The summed E-state index contributed by atoms with van der Waals surface area (Å²) in [4.78, 5) is 12.0. The number of methoxy groups -OCH3 is 2. The van der Waals surface area contributed by atoms with Crippen LogP contribution >= 0.6 is 11.6 Å². The first-order valence-corrected chi connectivity index (χ1v) is 6.99. The van der Waals surface area contributed by atoms with Gasteiger partial charge in [-0.2, -0.15) is 0 Å². The van der Waals surface area contributed by atoms with E-state index in [1.165, 1.54) is 7.11 Å². The van der Waals surface area contributed by atoms with Gasteiger partial charge in [-0.3, -0.25) is 4.79 Å². The van der Waals surface area contributed by atoms with Gasteiger partial charge in [0.1, 0.15) is 17.5 Å². The van der Waals surface area contributed by atoms with Crippen molar-refractivity contribution in [1.29, 1.82) is 0 Å². The van der Waals surface area contributed by atoms with Crippen LogP contribution in [0, 0.1) is 0 Å². The third kappa shape index (κ3) is 5.19. The van der Waals surface area contributed by atoms with Gasteiger partial charge in [0.15, 0.2) is 0 Å². The Bertz CT molecular complexity index is 491. The number of hydrogen-bond acceptors (Lipinski definition) is 4. The van der Waals surface area contributed by atoms with Crippen LogP contribution in [0.4, 0.5) is 5.69 Å². The molecule has 1 rings (SSSR count). The molecule has 0 aliphatic rings. The van der Waals surface area contributed by atoms with Crippen molar-refractivity contribution in [1.82, 2.24) is 0 Å². The zero-order valence-electron chi connectivity index (χ0n) is 13.0. The van der Waals surface area contributed by atoms with E-state index in [0.717, 1.165) is 0 Å². The minimum absolute atomic E-state index is 0.111. The lowest BCUT2D eigenvalue weighted by molar-refractivity contribution is -0.133. The van der Waals surface area contributed by atoms with Crippen molar-refractivity contribution in [3.05, 3.63) is 23.2 Å². The highest BCUT2D eigenvalue weighted by Gasteiger charge is 2.27. The van der Waals surface area contributed by atoms with E-state index < -0.39 is 5.60 Å². The number of carbonyl (C=O) groups is 1. The van der Waals surface area contributed by atoms with Gasteiger partial charge in [-0.05, 0) is 39.0 Å². The third-order valence-electron chi connectivity index (χ3n) is 2.98. The average Bonchev–Trinajstić information content (AvgIpc) is 2.42. The Morgan fingerprint density at radius 3 is 2.57 bits per heavy atom. The van der Waals surface area contributed by atoms with Gasteiger partial charge in [-0.15, -0.1) is 0 Å². The van der Waals surface area contributed by atoms with Crippen LogP contribution in [0.2, 0.25) is 5.02 Å². The Morgan fingerprint density at radius 1 is 1.38 bits per heavy atom. The number of ether oxygens (including phenoxy) is 3. The first-order chi connectivity index (χ1) is 9.80. The summed E-state index contributed by atoms with van der Waals surface area (Å²) in [5, 5.41) is 3.17. The number of amides is 1. The fourth-order valence-electron chi connectivity index (χ4n) is 1.53. The summed E-state index contributed by atoms with van der Waals surface area (Å²) in [5.41, 5.74) is -0.323. The molecular formula is C15H22ClNO4. The van der Waals surface area contributed by atoms with E-state index in [0.29, 0.717) is 23.1 Å². The molecule has 1 aromatic rings. The number of rotatable bonds is 7. The van der Waals surface area contributed by atoms with Crippen LogP contribution in [0.25, 0.3) is 0 Å². The zero-order chi connectivity index (χ0) is 16.0. The Hall–Kier alpha value is -1.30. The molecule has 5 nitrogen and oxygen atoms in total. The minimum atomic E-state index is -0.908. The zero-order valence-corrected chi connectivity index (χ0v) is 13.8. The molecule has 6 heteroatoms. The number of halogens is 1. The van der Waals surface area contributed by atoms with Crippen molar-refractivity contribution in [2.24, 2.45) is 0 Å². The molecule has 0 saturated heterocycles. The number of nitrogens with one attached hydrogen (secondary N) is 1. The molecule has 1 amide bonds. The van der Waals surface area contributed by atoms with Crippen LogP contribution in [0.5, 0.6) is 5.75 Å². The molecule has 0 aliphatic heterocycles. The predicted molar refractivity (Wildman–Crippen MR) is 83.1 cm³/mol. The fourth-order valence-corrected chi connectivity index (χ4v) is 1.76. The molecule has 0 aromatic heterocycles. The lowest BCUT2D eigenvalue weighted by Crippen LogP contribution is -2.38. The molecule has 0 heterocycles. The first-order valence-electron chi connectivity index (χ1n) is 6.62. The molecule has 0 fully saturated rings. The van der Waals surface area contributed by atoms with Crippen molar-refractivity contribution in [3.63, 3.8) is 0 Å². The Balaban J connectivity index is 2.76. The summed E-state index contributed by atoms with van der Waals surface area (Å²) in [6, 6.07) is 5.08. The molecule has 118 valence electrons. The van der Waals surface area contributed by atoms with Crippen LogP contribution in [-0.2, 0) is 14.3 Å². The van der Waals surface area contributed by atoms with E-state index >= 15 is 0 Å². The van der Waals surface area contributed by atoms with Crippen molar-refractivity contribution >= 4 is 23.2 Å². The Kier molecular flexibility index (Phi) is 6.45. The van der Waals surface area contributed by atoms with E-state index in [9.17, 15) is 4.79 Å². The summed E-state index contributed by atoms with van der Waals surface area (Å²) in [5.74, 6) is 0.299. The summed E-state index contributed by atoms with van der Waals surface area (Å²) < 4.78 is 15.8. The van der Waals surface area contributed by atoms with Crippen LogP contribution < -0.4 is 10.1 Å². The minimum Gasteiger partial charge on any atom is -0.487 e. The highest BCUT2D eigenvalue weighted by molar-refractivity contribution is 6.32. The largest absolute Gasteiger partial charge is 0.487 e. The second-order valence-corrected chi connectivity index (χ2v) is 5.60. The third-order valence-corrected chi connectivity index (χ3v) is 3.27. The molecule has 1 N–H and O–H groups in total. The maximum atomic E-state index is 12.0. The number of carbonyl (C=O) groups excluding carboxylic acids is 1. The topological polar surface area (TPSA) is 56.8 Å². The fraction of sp³-hybridized carbons (Fsp3) is 0.533. The van der Waals surface area contributed by atoms with Crippen LogP contribution in [-0.4, -0.2) is 38.4 Å². The summed E-state index contributed by atoms with van der Waals surface area (Å²) in [7, 11) is 3.10. The first kappa shape index (κ1) is 17.8. The average molecular weight is 316 g/mol. The Labute approximate surface area is 130 Å². The van der Waals surface area contributed by atoms with E-state index in [4.69, 9.17) is 25.8 Å². The molecule has 0 bridgehead atoms. The molecule has 1 unspecified atom stereocenters. The van der Waals surface area contributed by atoms with Crippen LogP contribution in [0.15, 0.2) is 18.2 Å². The van der Waals surface area contributed by atoms with Crippen molar-refractivity contribution in [3.8, 4) is 5.75 Å². The molecule has 1 atom stereocenters.